The highest BCUT2D eigenvalue weighted by Crippen LogP contribution is 2.18. The first kappa shape index (κ1) is 7.12. The van der Waals surface area contributed by atoms with Gasteiger partial charge in [0.1, 0.15) is 0 Å². The lowest BCUT2D eigenvalue weighted by atomic mass is 10.2. The molecule has 56 valence electrons. The molecule has 0 atom stereocenters. The molecule has 0 aliphatic rings. The number of aromatic hydroxyl groups is 1. The first-order chi connectivity index (χ1) is 4.66. The van der Waals surface area contributed by atoms with Crippen LogP contribution in [0.1, 0.15) is 18.2 Å². The summed E-state index contributed by atoms with van der Waals surface area (Å²) >= 11 is 0. The molecule has 1 heterocycles. The van der Waals surface area contributed by atoms with E-state index in [1.54, 1.807) is 7.05 Å². The van der Waals surface area contributed by atoms with Gasteiger partial charge in [0, 0.05) is 12.6 Å². The van der Waals surface area contributed by atoms with Gasteiger partial charge in [0.05, 0.1) is 5.69 Å². The highest BCUT2D eigenvalue weighted by atomic mass is 16.3. The summed E-state index contributed by atoms with van der Waals surface area (Å²) < 4.78 is 1.49. The minimum absolute atomic E-state index is 0.275. The summed E-state index contributed by atoms with van der Waals surface area (Å²) in [5, 5.41) is 13.4. The fraction of sp³-hybridized carbons (Fsp3) is 0.571. The summed E-state index contributed by atoms with van der Waals surface area (Å²) in [6.07, 6.45) is 0.875. The Morgan fingerprint density at radius 2 is 2.20 bits per heavy atom. The Morgan fingerprint density at radius 3 is 2.40 bits per heavy atom. The van der Waals surface area contributed by atoms with E-state index in [0.717, 1.165) is 17.7 Å². The van der Waals surface area contributed by atoms with Crippen LogP contribution in [0, 0.1) is 6.92 Å². The van der Waals surface area contributed by atoms with Crippen molar-refractivity contribution < 1.29 is 5.11 Å². The lowest BCUT2D eigenvalue weighted by Crippen LogP contribution is -1.89. The molecule has 0 saturated carbocycles. The minimum atomic E-state index is 0.275. The van der Waals surface area contributed by atoms with Crippen molar-refractivity contribution in [1.82, 2.24) is 9.78 Å². The summed E-state index contributed by atoms with van der Waals surface area (Å²) in [5.74, 6) is 0.275. The lowest BCUT2D eigenvalue weighted by Gasteiger charge is -1.89. The second-order valence-corrected chi connectivity index (χ2v) is 2.37. The number of hydrogen-bond donors (Lipinski definition) is 1. The third kappa shape index (κ3) is 0.875. The molecule has 3 nitrogen and oxygen atoms in total. The fourth-order valence-electron chi connectivity index (χ4n) is 1.01. The van der Waals surface area contributed by atoms with E-state index in [2.05, 4.69) is 5.10 Å². The molecular formula is C7H12N2O. The van der Waals surface area contributed by atoms with Gasteiger partial charge in [-0.15, -0.1) is 0 Å². The van der Waals surface area contributed by atoms with Crippen LogP contribution in [-0.4, -0.2) is 14.9 Å². The molecule has 0 unspecified atom stereocenters. The van der Waals surface area contributed by atoms with Crippen LogP contribution in [0.25, 0.3) is 0 Å². The standard InChI is InChI=1S/C7H12N2O/c1-4-6-5(2)7(10)9(3)8-6/h10H,4H2,1-3H3. The predicted molar refractivity (Wildman–Crippen MR) is 39.0 cm³/mol. The molecular weight excluding hydrogens is 128 g/mol. The first-order valence-electron chi connectivity index (χ1n) is 3.38. The molecule has 0 aromatic carbocycles. The largest absolute Gasteiger partial charge is 0.493 e. The molecule has 0 spiro atoms. The van der Waals surface area contributed by atoms with E-state index in [1.807, 2.05) is 13.8 Å². The van der Waals surface area contributed by atoms with Gasteiger partial charge < -0.3 is 5.11 Å². The van der Waals surface area contributed by atoms with Crippen LogP contribution in [0.3, 0.4) is 0 Å². The molecule has 10 heavy (non-hydrogen) atoms. The molecule has 1 rings (SSSR count). The van der Waals surface area contributed by atoms with Gasteiger partial charge in [0.25, 0.3) is 0 Å². The fourth-order valence-corrected chi connectivity index (χ4v) is 1.01. The lowest BCUT2D eigenvalue weighted by molar-refractivity contribution is 0.416. The molecule has 0 bridgehead atoms. The van der Waals surface area contributed by atoms with Crippen LogP contribution in [0.15, 0.2) is 0 Å². The third-order valence-corrected chi connectivity index (χ3v) is 1.68. The molecule has 1 N–H and O–H groups in total. The summed E-state index contributed by atoms with van der Waals surface area (Å²) in [6.45, 7) is 3.90. The van der Waals surface area contributed by atoms with Gasteiger partial charge in [-0.25, -0.2) is 4.68 Å². The zero-order valence-corrected chi connectivity index (χ0v) is 6.55. The summed E-state index contributed by atoms with van der Waals surface area (Å²) in [4.78, 5) is 0. The molecule has 0 radical (unpaired) electrons. The van der Waals surface area contributed by atoms with Gasteiger partial charge in [0.15, 0.2) is 0 Å². The van der Waals surface area contributed by atoms with Crippen LogP contribution >= 0.6 is 0 Å². The Kier molecular flexibility index (Phi) is 1.66. The van der Waals surface area contributed by atoms with Crippen LogP contribution in [0.4, 0.5) is 0 Å². The SMILES string of the molecule is CCc1nn(C)c(O)c1C. The number of aryl methyl sites for hydroxylation is 2. The van der Waals surface area contributed by atoms with Crippen molar-refractivity contribution in [2.75, 3.05) is 0 Å². The van der Waals surface area contributed by atoms with Gasteiger partial charge in [0.2, 0.25) is 5.88 Å². The van der Waals surface area contributed by atoms with Crippen molar-refractivity contribution in [3.05, 3.63) is 11.3 Å². The maximum Gasteiger partial charge on any atom is 0.212 e. The Hall–Kier alpha value is -0.990. The highest BCUT2D eigenvalue weighted by Gasteiger charge is 2.07. The summed E-state index contributed by atoms with van der Waals surface area (Å²) in [7, 11) is 1.74. The van der Waals surface area contributed by atoms with Gasteiger partial charge in [-0.05, 0) is 13.3 Å². The van der Waals surface area contributed by atoms with E-state index >= 15 is 0 Å². The van der Waals surface area contributed by atoms with Gasteiger partial charge in [-0.3, -0.25) is 0 Å². The smallest absolute Gasteiger partial charge is 0.212 e. The Morgan fingerprint density at radius 1 is 1.60 bits per heavy atom. The van der Waals surface area contributed by atoms with Crippen LogP contribution in [0.5, 0.6) is 5.88 Å². The van der Waals surface area contributed by atoms with Crippen molar-refractivity contribution in [2.24, 2.45) is 7.05 Å². The molecule has 3 heteroatoms. The quantitative estimate of drug-likeness (QED) is 0.631. The molecule has 1 aromatic rings. The molecule has 0 fully saturated rings. The van der Waals surface area contributed by atoms with Gasteiger partial charge in [-0.2, -0.15) is 5.10 Å². The van der Waals surface area contributed by atoms with E-state index in [0.29, 0.717) is 0 Å². The van der Waals surface area contributed by atoms with Crippen molar-refractivity contribution in [1.29, 1.82) is 0 Å². The minimum Gasteiger partial charge on any atom is -0.493 e. The van der Waals surface area contributed by atoms with Crippen molar-refractivity contribution >= 4 is 0 Å². The second-order valence-electron chi connectivity index (χ2n) is 2.37. The Labute approximate surface area is 60.3 Å². The van der Waals surface area contributed by atoms with Gasteiger partial charge in [-0.1, -0.05) is 6.92 Å². The Balaban J connectivity index is 3.17. The van der Waals surface area contributed by atoms with Crippen LogP contribution in [0.2, 0.25) is 0 Å². The topological polar surface area (TPSA) is 38.0 Å². The van der Waals surface area contributed by atoms with Crippen molar-refractivity contribution in [2.45, 2.75) is 20.3 Å². The third-order valence-electron chi connectivity index (χ3n) is 1.68. The average Bonchev–Trinajstić information content (AvgIpc) is 2.17. The van der Waals surface area contributed by atoms with E-state index in [9.17, 15) is 5.11 Å². The zero-order chi connectivity index (χ0) is 7.72. The normalized spacial score (nSPS) is 10.3. The molecule has 1 aromatic heterocycles. The predicted octanol–water partition coefficient (Wildman–Crippen LogP) is 0.997. The number of nitrogens with zero attached hydrogens (tertiary/aromatic N) is 2. The number of hydrogen-bond acceptors (Lipinski definition) is 2. The summed E-state index contributed by atoms with van der Waals surface area (Å²) in [6, 6.07) is 0. The zero-order valence-electron chi connectivity index (χ0n) is 6.55. The van der Waals surface area contributed by atoms with E-state index in [-0.39, 0.29) is 5.88 Å². The number of rotatable bonds is 1. The second kappa shape index (κ2) is 2.33. The Bertz CT molecular complexity index is 240. The van der Waals surface area contributed by atoms with E-state index < -0.39 is 0 Å². The monoisotopic (exact) mass is 140 g/mol. The van der Waals surface area contributed by atoms with Crippen LogP contribution < -0.4 is 0 Å². The average molecular weight is 140 g/mol. The maximum atomic E-state index is 9.26. The molecule has 0 saturated heterocycles. The van der Waals surface area contributed by atoms with Gasteiger partial charge >= 0.3 is 0 Å². The van der Waals surface area contributed by atoms with Crippen molar-refractivity contribution in [3.8, 4) is 5.88 Å². The van der Waals surface area contributed by atoms with Crippen LogP contribution in [-0.2, 0) is 13.5 Å². The molecule has 0 aliphatic heterocycles. The molecule has 0 aliphatic carbocycles. The van der Waals surface area contributed by atoms with E-state index in [4.69, 9.17) is 0 Å². The van der Waals surface area contributed by atoms with Crippen molar-refractivity contribution in [3.63, 3.8) is 0 Å². The van der Waals surface area contributed by atoms with E-state index in [1.165, 1.54) is 4.68 Å². The molecule has 0 amide bonds. The number of aromatic nitrogens is 2. The highest BCUT2D eigenvalue weighted by molar-refractivity contribution is 5.28. The first-order valence-corrected chi connectivity index (χ1v) is 3.38. The summed E-state index contributed by atoms with van der Waals surface area (Å²) in [5.41, 5.74) is 1.87. The maximum absolute atomic E-state index is 9.26.